The molecule has 0 amide bonds. The number of rotatable bonds is 3. The van der Waals surface area contributed by atoms with Crippen molar-refractivity contribution in [3.8, 4) is 0 Å². The SMILES string of the molecule is COC(=O)/C(C)=C\C=C(\C)C(=O)OC. The quantitative estimate of drug-likeness (QED) is 0.389. The van der Waals surface area contributed by atoms with Gasteiger partial charge in [-0.15, -0.1) is 0 Å². The zero-order valence-electron chi connectivity index (χ0n) is 8.79. The molecule has 0 radical (unpaired) electrons. The summed E-state index contributed by atoms with van der Waals surface area (Å²) in [5.74, 6) is -0.835. The summed E-state index contributed by atoms with van der Waals surface area (Å²) in [5, 5.41) is 0. The standard InChI is InChI=1S/C10H14O4/c1-7(9(11)13-3)5-6-8(2)10(12)14-4/h5-6H,1-4H3/b7-5-,8-6-. The molecule has 0 unspecified atom stereocenters. The Morgan fingerprint density at radius 1 is 0.857 bits per heavy atom. The first-order chi connectivity index (χ1) is 6.52. The Balaban J connectivity index is 4.53. The van der Waals surface area contributed by atoms with E-state index in [-0.39, 0.29) is 0 Å². The smallest absolute Gasteiger partial charge is 0.333 e. The summed E-state index contributed by atoms with van der Waals surface area (Å²) in [7, 11) is 2.60. The molecular weight excluding hydrogens is 184 g/mol. The molecule has 0 aromatic carbocycles. The normalized spacial score (nSPS) is 12.3. The van der Waals surface area contributed by atoms with E-state index in [2.05, 4.69) is 9.47 Å². The minimum Gasteiger partial charge on any atom is -0.466 e. The number of allylic oxidation sites excluding steroid dienone is 2. The Hall–Kier alpha value is -1.58. The number of ether oxygens (including phenoxy) is 2. The first kappa shape index (κ1) is 12.4. The van der Waals surface area contributed by atoms with Crippen LogP contribution in [-0.4, -0.2) is 26.2 Å². The van der Waals surface area contributed by atoms with Crippen LogP contribution in [0.15, 0.2) is 23.3 Å². The van der Waals surface area contributed by atoms with Crippen LogP contribution in [0.3, 0.4) is 0 Å². The van der Waals surface area contributed by atoms with E-state index in [9.17, 15) is 9.59 Å². The van der Waals surface area contributed by atoms with Gasteiger partial charge in [0, 0.05) is 11.1 Å². The summed E-state index contributed by atoms with van der Waals surface area (Å²) < 4.78 is 8.96. The second-order valence-corrected chi connectivity index (χ2v) is 2.68. The van der Waals surface area contributed by atoms with E-state index in [1.165, 1.54) is 26.4 Å². The molecule has 0 N–H and O–H groups in total. The molecule has 0 spiro atoms. The highest BCUT2D eigenvalue weighted by molar-refractivity contribution is 5.90. The Kier molecular flexibility index (Phi) is 5.29. The molecule has 0 rings (SSSR count). The van der Waals surface area contributed by atoms with E-state index >= 15 is 0 Å². The highest BCUT2D eigenvalue weighted by Crippen LogP contribution is 2.00. The lowest BCUT2D eigenvalue weighted by atomic mass is 10.2. The van der Waals surface area contributed by atoms with Crippen LogP contribution in [0.5, 0.6) is 0 Å². The van der Waals surface area contributed by atoms with Crippen LogP contribution in [0.4, 0.5) is 0 Å². The zero-order valence-corrected chi connectivity index (χ0v) is 8.79. The molecule has 0 heterocycles. The number of hydrogen-bond donors (Lipinski definition) is 0. The van der Waals surface area contributed by atoms with Gasteiger partial charge in [0.25, 0.3) is 0 Å². The molecule has 14 heavy (non-hydrogen) atoms. The van der Waals surface area contributed by atoms with Crippen molar-refractivity contribution in [2.75, 3.05) is 14.2 Å². The van der Waals surface area contributed by atoms with Gasteiger partial charge in [-0.25, -0.2) is 9.59 Å². The van der Waals surface area contributed by atoms with Crippen LogP contribution < -0.4 is 0 Å². The molecule has 0 aromatic heterocycles. The Morgan fingerprint density at radius 2 is 1.14 bits per heavy atom. The molecule has 0 atom stereocenters. The number of carbonyl (C=O) groups is 2. The third-order valence-electron chi connectivity index (χ3n) is 1.60. The van der Waals surface area contributed by atoms with Crippen molar-refractivity contribution in [1.82, 2.24) is 0 Å². The van der Waals surface area contributed by atoms with E-state index < -0.39 is 11.9 Å². The summed E-state index contributed by atoms with van der Waals surface area (Å²) in [6.45, 7) is 3.21. The van der Waals surface area contributed by atoms with Gasteiger partial charge in [-0.3, -0.25) is 0 Å². The maximum absolute atomic E-state index is 10.9. The molecule has 0 saturated heterocycles. The predicted molar refractivity (Wildman–Crippen MR) is 51.5 cm³/mol. The first-order valence-corrected chi connectivity index (χ1v) is 4.04. The molecule has 4 nitrogen and oxygen atoms in total. The molecule has 0 aliphatic rings. The van der Waals surface area contributed by atoms with Crippen LogP contribution in [0.25, 0.3) is 0 Å². The van der Waals surface area contributed by atoms with E-state index in [1.807, 2.05) is 0 Å². The van der Waals surface area contributed by atoms with Crippen molar-refractivity contribution in [3.63, 3.8) is 0 Å². The van der Waals surface area contributed by atoms with Gasteiger partial charge >= 0.3 is 11.9 Å². The third-order valence-corrected chi connectivity index (χ3v) is 1.60. The monoisotopic (exact) mass is 198 g/mol. The van der Waals surface area contributed by atoms with Gasteiger partial charge in [-0.2, -0.15) is 0 Å². The van der Waals surface area contributed by atoms with Gasteiger partial charge < -0.3 is 9.47 Å². The van der Waals surface area contributed by atoms with Crippen LogP contribution >= 0.6 is 0 Å². The topological polar surface area (TPSA) is 52.6 Å². The van der Waals surface area contributed by atoms with Gasteiger partial charge in [0.2, 0.25) is 0 Å². The van der Waals surface area contributed by atoms with Gasteiger partial charge in [-0.1, -0.05) is 12.2 Å². The van der Waals surface area contributed by atoms with Crippen molar-refractivity contribution in [2.24, 2.45) is 0 Å². The van der Waals surface area contributed by atoms with Crippen LogP contribution in [0.2, 0.25) is 0 Å². The Morgan fingerprint density at radius 3 is 1.36 bits per heavy atom. The Labute approximate surface area is 83.2 Å². The molecule has 0 aliphatic carbocycles. The van der Waals surface area contributed by atoms with Crippen LogP contribution in [-0.2, 0) is 19.1 Å². The molecular formula is C10H14O4. The first-order valence-electron chi connectivity index (χ1n) is 4.04. The van der Waals surface area contributed by atoms with Crippen molar-refractivity contribution < 1.29 is 19.1 Å². The van der Waals surface area contributed by atoms with Gasteiger partial charge in [0.05, 0.1) is 14.2 Å². The second kappa shape index (κ2) is 5.96. The highest BCUT2D eigenvalue weighted by Gasteiger charge is 2.03. The van der Waals surface area contributed by atoms with Crippen molar-refractivity contribution in [1.29, 1.82) is 0 Å². The average molecular weight is 198 g/mol. The minimum absolute atomic E-state index is 0.418. The number of hydrogen-bond acceptors (Lipinski definition) is 4. The number of carbonyl (C=O) groups excluding carboxylic acids is 2. The fourth-order valence-corrected chi connectivity index (χ4v) is 0.708. The fourth-order valence-electron chi connectivity index (χ4n) is 0.708. The van der Waals surface area contributed by atoms with E-state index in [4.69, 9.17) is 0 Å². The zero-order chi connectivity index (χ0) is 11.1. The molecule has 4 heteroatoms. The fraction of sp³-hybridized carbons (Fsp3) is 0.400. The maximum atomic E-state index is 10.9. The Bertz CT molecular complexity index is 256. The lowest BCUT2D eigenvalue weighted by molar-refractivity contribution is -0.137. The third kappa shape index (κ3) is 3.89. The van der Waals surface area contributed by atoms with Gasteiger partial charge in [-0.05, 0) is 13.8 Å². The van der Waals surface area contributed by atoms with Crippen LogP contribution in [0, 0.1) is 0 Å². The maximum Gasteiger partial charge on any atom is 0.333 e. The van der Waals surface area contributed by atoms with E-state index in [0.717, 1.165) is 0 Å². The van der Waals surface area contributed by atoms with Crippen molar-refractivity contribution in [2.45, 2.75) is 13.8 Å². The number of esters is 2. The molecule has 0 aliphatic heterocycles. The summed E-state index contributed by atoms with van der Waals surface area (Å²) in [6.07, 6.45) is 3.02. The summed E-state index contributed by atoms with van der Waals surface area (Å²) in [5.41, 5.74) is 0.853. The lowest BCUT2D eigenvalue weighted by Gasteiger charge is -1.98. The summed E-state index contributed by atoms with van der Waals surface area (Å²) in [4.78, 5) is 21.9. The number of methoxy groups -OCH3 is 2. The lowest BCUT2D eigenvalue weighted by Crippen LogP contribution is -2.02. The van der Waals surface area contributed by atoms with Crippen molar-refractivity contribution in [3.05, 3.63) is 23.3 Å². The van der Waals surface area contributed by atoms with Crippen molar-refractivity contribution >= 4 is 11.9 Å². The average Bonchev–Trinajstić information content (AvgIpc) is 2.22. The molecule has 78 valence electrons. The predicted octanol–water partition coefficient (Wildman–Crippen LogP) is 1.22. The van der Waals surface area contributed by atoms with Gasteiger partial charge in [0.15, 0.2) is 0 Å². The molecule has 0 bridgehead atoms. The minimum atomic E-state index is -0.418. The van der Waals surface area contributed by atoms with Gasteiger partial charge in [0.1, 0.15) is 0 Å². The van der Waals surface area contributed by atoms with E-state index in [0.29, 0.717) is 11.1 Å². The molecule has 0 aromatic rings. The van der Waals surface area contributed by atoms with Crippen LogP contribution in [0.1, 0.15) is 13.8 Å². The largest absolute Gasteiger partial charge is 0.466 e. The summed E-state index contributed by atoms with van der Waals surface area (Å²) >= 11 is 0. The molecule has 0 fully saturated rings. The summed E-state index contributed by atoms with van der Waals surface area (Å²) in [6, 6.07) is 0. The molecule has 0 saturated carbocycles. The van der Waals surface area contributed by atoms with E-state index in [1.54, 1.807) is 13.8 Å². The highest BCUT2D eigenvalue weighted by atomic mass is 16.5. The second-order valence-electron chi connectivity index (χ2n) is 2.68.